The van der Waals surface area contributed by atoms with Gasteiger partial charge in [0.25, 0.3) is 0 Å². The molecule has 1 heterocycles. The molecule has 1 aromatic carbocycles. The number of Topliss-reactive ketones (excluding diaryl/α,β-unsaturated/α-hetero) is 1. The van der Waals surface area contributed by atoms with Gasteiger partial charge in [-0.15, -0.1) is 11.8 Å². The monoisotopic (exact) mass is 306 g/mol. The molecule has 92 valence electrons. The third-order valence-electron chi connectivity index (χ3n) is 2.64. The highest BCUT2D eigenvalue weighted by Gasteiger charge is 2.30. The van der Waals surface area contributed by atoms with Crippen molar-refractivity contribution in [1.82, 2.24) is 0 Å². The molecule has 1 saturated heterocycles. The van der Waals surface area contributed by atoms with E-state index in [4.69, 9.17) is 23.2 Å². The van der Waals surface area contributed by atoms with E-state index in [1.165, 1.54) is 0 Å². The molecular weight excluding hydrogens is 295 g/mol. The molecule has 0 aliphatic carbocycles. The number of thioether (sulfide) groups is 2. The van der Waals surface area contributed by atoms with Crippen LogP contribution in [0.1, 0.15) is 17.3 Å². The van der Waals surface area contributed by atoms with Gasteiger partial charge < -0.3 is 0 Å². The second-order valence-corrected chi connectivity index (χ2v) is 7.43. The minimum Gasteiger partial charge on any atom is -0.293 e. The fourth-order valence-electron chi connectivity index (χ4n) is 1.76. The van der Waals surface area contributed by atoms with Gasteiger partial charge in [-0.2, -0.15) is 11.8 Å². The Bertz CT molecular complexity index is 437. The zero-order valence-corrected chi connectivity index (χ0v) is 12.4. The fraction of sp³-hybridized carbons (Fsp3) is 0.417. The summed E-state index contributed by atoms with van der Waals surface area (Å²) in [5.74, 6) is 2.23. The predicted molar refractivity (Wildman–Crippen MR) is 79.0 cm³/mol. The Balaban J connectivity index is 2.26. The minimum absolute atomic E-state index is 0.00952. The Morgan fingerprint density at radius 2 is 2.00 bits per heavy atom. The van der Waals surface area contributed by atoms with Crippen molar-refractivity contribution in [3.63, 3.8) is 0 Å². The molecule has 2 atom stereocenters. The Labute approximate surface area is 120 Å². The maximum absolute atomic E-state index is 12.4. The van der Waals surface area contributed by atoms with Crippen LogP contribution < -0.4 is 0 Å². The Kier molecular flexibility index (Phi) is 4.70. The molecule has 0 bridgehead atoms. The summed E-state index contributed by atoms with van der Waals surface area (Å²) in [6.45, 7) is 2.10. The Morgan fingerprint density at radius 3 is 2.71 bits per heavy atom. The lowest BCUT2D eigenvalue weighted by Gasteiger charge is -2.26. The molecular formula is C12H12Cl2OS2. The van der Waals surface area contributed by atoms with Gasteiger partial charge in [0.2, 0.25) is 0 Å². The van der Waals surface area contributed by atoms with Gasteiger partial charge in [0.1, 0.15) is 0 Å². The predicted octanol–water partition coefficient (Wildman–Crippen LogP) is 4.41. The van der Waals surface area contributed by atoms with Gasteiger partial charge in [-0.25, -0.2) is 0 Å². The van der Waals surface area contributed by atoms with E-state index in [0.717, 1.165) is 11.5 Å². The zero-order valence-electron chi connectivity index (χ0n) is 9.28. The van der Waals surface area contributed by atoms with Crippen LogP contribution in [0.4, 0.5) is 0 Å². The van der Waals surface area contributed by atoms with Gasteiger partial charge in [0.05, 0.1) is 10.3 Å². The van der Waals surface area contributed by atoms with Crippen molar-refractivity contribution in [3.05, 3.63) is 33.8 Å². The lowest BCUT2D eigenvalue weighted by molar-refractivity contribution is 0.0989. The van der Waals surface area contributed by atoms with E-state index in [0.29, 0.717) is 20.9 Å². The van der Waals surface area contributed by atoms with Crippen LogP contribution in [0.15, 0.2) is 18.2 Å². The van der Waals surface area contributed by atoms with Crippen LogP contribution in [0.3, 0.4) is 0 Å². The highest BCUT2D eigenvalue weighted by molar-refractivity contribution is 8.07. The summed E-state index contributed by atoms with van der Waals surface area (Å²) in [5.41, 5.74) is 0.547. The number of hydrogen-bond donors (Lipinski definition) is 0. The van der Waals surface area contributed by atoms with Gasteiger partial charge in [0, 0.05) is 27.3 Å². The highest BCUT2D eigenvalue weighted by atomic mass is 35.5. The average molecular weight is 307 g/mol. The van der Waals surface area contributed by atoms with Gasteiger partial charge in [-0.05, 0) is 18.2 Å². The average Bonchev–Trinajstić information content (AvgIpc) is 2.32. The van der Waals surface area contributed by atoms with Gasteiger partial charge in [0.15, 0.2) is 5.78 Å². The first kappa shape index (κ1) is 13.6. The number of halogens is 2. The summed E-state index contributed by atoms with van der Waals surface area (Å²) in [5, 5.41) is 1.36. The van der Waals surface area contributed by atoms with Crippen molar-refractivity contribution in [2.24, 2.45) is 0 Å². The summed E-state index contributed by atoms with van der Waals surface area (Å²) in [6.07, 6.45) is 0. The number of ketones is 1. The standard InChI is InChI=1S/C12H12Cl2OS2/c1-7-12(17-5-4-16-7)11(15)9-6-8(13)2-3-10(9)14/h2-3,6-7,12H,4-5H2,1H3. The molecule has 0 spiro atoms. The van der Waals surface area contributed by atoms with Crippen LogP contribution >= 0.6 is 46.7 Å². The topological polar surface area (TPSA) is 17.1 Å². The van der Waals surface area contributed by atoms with Gasteiger partial charge in [-0.1, -0.05) is 30.1 Å². The zero-order chi connectivity index (χ0) is 12.4. The summed E-state index contributed by atoms with van der Waals surface area (Å²) >= 11 is 15.5. The Hall–Kier alpha value is 0.170. The molecule has 1 aromatic rings. The molecule has 5 heteroatoms. The first-order valence-electron chi connectivity index (χ1n) is 5.32. The van der Waals surface area contributed by atoms with E-state index in [1.54, 1.807) is 30.0 Å². The van der Waals surface area contributed by atoms with Crippen molar-refractivity contribution in [3.8, 4) is 0 Å². The second kappa shape index (κ2) is 5.87. The number of carbonyl (C=O) groups excluding carboxylic acids is 1. The van der Waals surface area contributed by atoms with Crippen LogP contribution in [0, 0.1) is 0 Å². The molecule has 1 aliphatic rings. The molecule has 0 amide bonds. The molecule has 0 radical (unpaired) electrons. The SMILES string of the molecule is CC1SCCSC1C(=O)c1cc(Cl)ccc1Cl. The van der Waals surface area contributed by atoms with Crippen molar-refractivity contribution < 1.29 is 4.79 Å². The van der Waals surface area contributed by atoms with E-state index in [2.05, 4.69) is 6.92 Å². The van der Waals surface area contributed by atoms with Gasteiger partial charge >= 0.3 is 0 Å². The van der Waals surface area contributed by atoms with Crippen LogP contribution in [0.25, 0.3) is 0 Å². The third-order valence-corrected chi connectivity index (χ3v) is 6.29. The van der Waals surface area contributed by atoms with Gasteiger partial charge in [-0.3, -0.25) is 4.79 Å². The molecule has 1 nitrogen and oxygen atoms in total. The molecule has 0 N–H and O–H groups in total. The van der Waals surface area contributed by atoms with Crippen molar-refractivity contribution in [1.29, 1.82) is 0 Å². The minimum atomic E-state index is -0.00952. The number of rotatable bonds is 2. The van der Waals surface area contributed by atoms with Crippen molar-refractivity contribution in [2.75, 3.05) is 11.5 Å². The summed E-state index contributed by atoms with van der Waals surface area (Å²) in [6, 6.07) is 5.05. The third kappa shape index (κ3) is 3.14. The fourth-order valence-corrected chi connectivity index (χ4v) is 4.86. The van der Waals surface area contributed by atoms with Crippen LogP contribution in [0.5, 0.6) is 0 Å². The molecule has 0 saturated carbocycles. The highest BCUT2D eigenvalue weighted by Crippen LogP contribution is 2.34. The maximum atomic E-state index is 12.4. The number of hydrogen-bond acceptors (Lipinski definition) is 3. The van der Waals surface area contributed by atoms with E-state index in [9.17, 15) is 4.79 Å². The van der Waals surface area contributed by atoms with E-state index < -0.39 is 0 Å². The van der Waals surface area contributed by atoms with Crippen LogP contribution in [-0.4, -0.2) is 27.8 Å². The normalized spacial score (nSPS) is 24.6. The van der Waals surface area contributed by atoms with E-state index >= 15 is 0 Å². The molecule has 2 rings (SSSR count). The second-order valence-electron chi connectivity index (χ2n) is 3.86. The largest absolute Gasteiger partial charge is 0.293 e. The number of benzene rings is 1. The lowest BCUT2D eigenvalue weighted by atomic mass is 10.1. The van der Waals surface area contributed by atoms with Crippen LogP contribution in [0.2, 0.25) is 10.0 Å². The molecule has 1 fully saturated rings. The summed E-state index contributed by atoms with van der Waals surface area (Å²) < 4.78 is 0. The molecule has 17 heavy (non-hydrogen) atoms. The smallest absolute Gasteiger partial charge is 0.178 e. The molecule has 2 unspecified atom stereocenters. The lowest BCUT2D eigenvalue weighted by Crippen LogP contribution is -2.31. The quantitative estimate of drug-likeness (QED) is 0.753. The molecule has 0 aromatic heterocycles. The summed E-state index contributed by atoms with van der Waals surface area (Å²) in [4.78, 5) is 12.4. The first-order chi connectivity index (χ1) is 8.09. The van der Waals surface area contributed by atoms with Crippen molar-refractivity contribution in [2.45, 2.75) is 17.4 Å². The van der Waals surface area contributed by atoms with E-state index in [-0.39, 0.29) is 11.0 Å². The van der Waals surface area contributed by atoms with Crippen LogP contribution in [-0.2, 0) is 0 Å². The van der Waals surface area contributed by atoms with E-state index in [1.807, 2.05) is 11.8 Å². The summed E-state index contributed by atoms with van der Waals surface area (Å²) in [7, 11) is 0. The maximum Gasteiger partial charge on any atom is 0.178 e. The molecule has 1 aliphatic heterocycles. The van der Waals surface area contributed by atoms with Crippen molar-refractivity contribution >= 4 is 52.5 Å². The Morgan fingerprint density at radius 1 is 1.29 bits per heavy atom. The first-order valence-corrected chi connectivity index (χ1v) is 8.17. The number of carbonyl (C=O) groups is 1.